The lowest BCUT2D eigenvalue weighted by atomic mass is 10.0. The van der Waals surface area contributed by atoms with Crippen LogP contribution in [0.2, 0.25) is 0 Å². The van der Waals surface area contributed by atoms with Gasteiger partial charge in [-0.05, 0) is 30.9 Å². The Balaban J connectivity index is 1.73. The zero-order valence-electron chi connectivity index (χ0n) is 15.4. The van der Waals surface area contributed by atoms with E-state index < -0.39 is 0 Å². The Morgan fingerprint density at radius 1 is 1.04 bits per heavy atom. The standard InChI is InChI=1S/C22H23FN4/c1-16-8-7-13-27(15-16)21-14-20(17-9-3-2-4-10-17)25-22(26-21)24-19-12-6-5-11-18(19)23/h2-6,9-12,14,16H,7-8,13,15H2,1H3,(H,24,25,26). The monoisotopic (exact) mass is 362 g/mol. The highest BCUT2D eigenvalue weighted by Gasteiger charge is 2.19. The molecule has 5 heteroatoms. The van der Waals surface area contributed by atoms with E-state index in [4.69, 9.17) is 4.98 Å². The van der Waals surface area contributed by atoms with Crippen LogP contribution in [0.25, 0.3) is 11.3 Å². The van der Waals surface area contributed by atoms with Gasteiger partial charge in [-0.2, -0.15) is 4.98 Å². The van der Waals surface area contributed by atoms with Crippen molar-refractivity contribution in [2.45, 2.75) is 19.8 Å². The van der Waals surface area contributed by atoms with Crippen LogP contribution in [0.4, 0.5) is 21.8 Å². The van der Waals surface area contributed by atoms with Crippen LogP contribution in [-0.4, -0.2) is 23.1 Å². The van der Waals surface area contributed by atoms with E-state index >= 15 is 0 Å². The predicted octanol–water partition coefficient (Wildman–Crippen LogP) is 5.26. The third-order valence-corrected chi connectivity index (χ3v) is 4.88. The van der Waals surface area contributed by atoms with E-state index in [-0.39, 0.29) is 5.82 Å². The molecule has 1 aliphatic heterocycles. The maximum absolute atomic E-state index is 14.1. The molecule has 0 spiro atoms. The molecule has 0 aliphatic carbocycles. The van der Waals surface area contributed by atoms with Crippen LogP contribution in [0, 0.1) is 11.7 Å². The van der Waals surface area contributed by atoms with Crippen molar-refractivity contribution in [3.05, 3.63) is 66.5 Å². The van der Waals surface area contributed by atoms with Crippen LogP contribution in [0.1, 0.15) is 19.8 Å². The summed E-state index contributed by atoms with van der Waals surface area (Å²) in [7, 11) is 0. The fourth-order valence-electron chi connectivity index (χ4n) is 3.49. The number of nitrogens with zero attached hydrogens (tertiary/aromatic N) is 3. The van der Waals surface area contributed by atoms with Gasteiger partial charge >= 0.3 is 0 Å². The van der Waals surface area contributed by atoms with E-state index in [1.54, 1.807) is 18.2 Å². The number of halogens is 1. The van der Waals surface area contributed by atoms with E-state index in [0.29, 0.717) is 17.6 Å². The predicted molar refractivity (Wildman–Crippen MR) is 108 cm³/mol. The molecule has 4 nitrogen and oxygen atoms in total. The van der Waals surface area contributed by atoms with Crippen LogP contribution in [0.5, 0.6) is 0 Å². The van der Waals surface area contributed by atoms with Gasteiger partial charge in [0.2, 0.25) is 5.95 Å². The largest absolute Gasteiger partial charge is 0.356 e. The second kappa shape index (κ2) is 7.74. The number of benzene rings is 2. The summed E-state index contributed by atoms with van der Waals surface area (Å²) in [5.74, 6) is 1.61. The normalized spacial score (nSPS) is 17.0. The molecule has 1 unspecified atom stereocenters. The minimum atomic E-state index is -0.320. The van der Waals surface area contributed by atoms with E-state index in [0.717, 1.165) is 36.6 Å². The van der Waals surface area contributed by atoms with Crippen molar-refractivity contribution in [2.24, 2.45) is 5.92 Å². The number of hydrogen-bond donors (Lipinski definition) is 1. The molecule has 0 amide bonds. The van der Waals surface area contributed by atoms with E-state index in [2.05, 4.69) is 22.1 Å². The number of hydrogen-bond acceptors (Lipinski definition) is 4. The number of anilines is 3. The second-order valence-corrected chi connectivity index (χ2v) is 7.10. The fraction of sp³-hybridized carbons (Fsp3) is 0.273. The first-order valence-electron chi connectivity index (χ1n) is 9.40. The molecule has 1 N–H and O–H groups in total. The molecule has 0 saturated carbocycles. The molecule has 2 aromatic carbocycles. The third-order valence-electron chi connectivity index (χ3n) is 4.88. The van der Waals surface area contributed by atoms with Gasteiger partial charge in [0.15, 0.2) is 0 Å². The van der Waals surface area contributed by atoms with Crippen LogP contribution in [0.3, 0.4) is 0 Å². The van der Waals surface area contributed by atoms with Gasteiger partial charge in [-0.25, -0.2) is 9.37 Å². The summed E-state index contributed by atoms with van der Waals surface area (Å²) < 4.78 is 14.1. The third kappa shape index (κ3) is 4.08. The van der Waals surface area contributed by atoms with Gasteiger partial charge in [0.25, 0.3) is 0 Å². The van der Waals surface area contributed by atoms with E-state index in [1.165, 1.54) is 12.5 Å². The molecular formula is C22H23FN4. The van der Waals surface area contributed by atoms with Gasteiger partial charge in [-0.3, -0.25) is 0 Å². The molecule has 1 saturated heterocycles. The van der Waals surface area contributed by atoms with Crippen molar-refractivity contribution in [1.82, 2.24) is 9.97 Å². The van der Waals surface area contributed by atoms with Gasteiger partial charge in [0.05, 0.1) is 11.4 Å². The Kier molecular flexibility index (Phi) is 5.01. The minimum absolute atomic E-state index is 0.320. The lowest BCUT2D eigenvalue weighted by molar-refractivity contribution is 0.444. The van der Waals surface area contributed by atoms with Crippen molar-refractivity contribution < 1.29 is 4.39 Å². The van der Waals surface area contributed by atoms with Crippen molar-refractivity contribution in [3.8, 4) is 11.3 Å². The summed E-state index contributed by atoms with van der Waals surface area (Å²) in [6, 6.07) is 18.6. The first kappa shape index (κ1) is 17.5. The van der Waals surface area contributed by atoms with Crippen LogP contribution in [-0.2, 0) is 0 Å². The lowest BCUT2D eigenvalue weighted by Crippen LogP contribution is -2.35. The first-order chi connectivity index (χ1) is 13.2. The molecule has 1 atom stereocenters. The first-order valence-corrected chi connectivity index (χ1v) is 9.40. The van der Waals surface area contributed by atoms with Gasteiger partial charge in [-0.15, -0.1) is 0 Å². The van der Waals surface area contributed by atoms with E-state index in [1.807, 2.05) is 36.4 Å². The molecule has 138 valence electrons. The van der Waals surface area contributed by atoms with Crippen LogP contribution < -0.4 is 10.2 Å². The Morgan fingerprint density at radius 3 is 2.59 bits per heavy atom. The Bertz CT molecular complexity index is 913. The Labute approximate surface area is 159 Å². The van der Waals surface area contributed by atoms with Crippen molar-refractivity contribution in [2.75, 3.05) is 23.3 Å². The molecule has 2 heterocycles. The maximum atomic E-state index is 14.1. The number of piperidine rings is 1. The summed E-state index contributed by atoms with van der Waals surface area (Å²) in [4.78, 5) is 11.6. The summed E-state index contributed by atoms with van der Waals surface area (Å²) >= 11 is 0. The molecule has 27 heavy (non-hydrogen) atoms. The molecule has 1 aromatic heterocycles. The highest BCUT2D eigenvalue weighted by molar-refractivity contribution is 5.66. The lowest BCUT2D eigenvalue weighted by Gasteiger charge is -2.32. The molecule has 0 radical (unpaired) electrons. The molecule has 1 fully saturated rings. The summed E-state index contributed by atoms with van der Waals surface area (Å²) in [5.41, 5.74) is 2.22. The van der Waals surface area contributed by atoms with Crippen molar-refractivity contribution in [1.29, 1.82) is 0 Å². The zero-order valence-corrected chi connectivity index (χ0v) is 15.4. The van der Waals surface area contributed by atoms with Crippen LogP contribution in [0.15, 0.2) is 60.7 Å². The highest BCUT2D eigenvalue weighted by Crippen LogP contribution is 2.28. The van der Waals surface area contributed by atoms with Crippen LogP contribution >= 0.6 is 0 Å². The highest BCUT2D eigenvalue weighted by atomic mass is 19.1. The molecule has 0 bridgehead atoms. The zero-order chi connectivity index (χ0) is 18.6. The number of para-hydroxylation sites is 1. The Hall–Kier alpha value is -2.95. The van der Waals surface area contributed by atoms with Gasteiger partial charge < -0.3 is 10.2 Å². The quantitative estimate of drug-likeness (QED) is 0.687. The van der Waals surface area contributed by atoms with Crippen molar-refractivity contribution >= 4 is 17.5 Å². The van der Waals surface area contributed by atoms with Gasteiger partial charge in [-0.1, -0.05) is 49.4 Å². The second-order valence-electron chi connectivity index (χ2n) is 7.10. The number of nitrogens with one attached hydrogen (secondary N) is 1. The smallest absolute Gasteiger partial charge is 0.229 e. The average Bonchev–Trinajstić information content (AvgIpc) is 2.70. The molecule has 4 rings (SSSR count). The molecule has 3 aromatic rings. The molecular weight excluding hydrogens is 339 g/mol. The number of rotatable bonds is 4. The topological polar surface area (TPSA) is 41.1 Å². The SMILES string of the molecule is CC1CCCN(c2cc(-c3ccccc3)nc(Nc3ccccc3F)n2)C1. The summed E-state index contributed by atoms with van der Waals surface area (Å²) in [5, 5.41) is 3.05. The Morgan fingerprint density at radius 2 is 1.81 bits per heavy atom. The summed E-state index contributed by atoms with van der Waals surface area (Å²) in [6.07, 6.45) is 2.40. The van der Waals surface area contributed by atoms with Gasteiger partial charge in [0, 0.05) is 24.7 Å². The van der Waals surface area contributed by atoms with Gasteiger partial charge in [0.1, 0.15) is 11.6 Å². The fourth-order valence-corrected chi connectivity index (χ4v) is 3.49. The maximum Gasteiger partial charge on any atom is 0.229 e. The van der Waals surface area contributed by atoms with E-state index in [9.17, 15) is 4.39 Å². The number of aromatic nitrogens is 2. The van der Waals surface area contributed by atoms with Crippen molar-refractivity contribution in [3.63, 3.8) is 0 Å². The summed E-state index contributed by atoms with van der Waals surface area (Å²) in [6.45, 7) is 4.23. The average molecular weight is 362 g/mol. The minimum Gasteiger partial charge on any atom is -0.356 e. The molecule has 1 aliphatic rings.